The molecule has 11 heavy (non-hydrogen) atoms. The van der Waals surface area contributed by atoms with Gasteiger partial charge in [-0.25, -0.2) is 5.84 Å². The van der Waals surface area contributed by atoms with Gasteiger partial charge in [0.2, 0.25) is 0 Å². The summed E-state index contributed by atoms with van der Waals surface area (Å²) in [5, 5.41) is 0. The van der Waals surface area contributed by atoms with Gasteiger partial charge in [0.1, 0.15) is 0 Å². The van der Waals surface area contributed by atoms with Gasteiger partial charge in [-0.3, -0.25) is 10.2 Å². The molecule has 0 saturated heterocycles. The van der Waals surface area contributed by atoms with Crippen molar-refractivity contribution in [1.29, 1.82) is 0 Å². The fourth-order valence-electron chi connectivity index (χ4n) is 0.673. The summed E-state index contributed by atoms with van der Waals surface area (Å²) in [7, 11) is 0. The van der Waals surface area contributed by atoms with Crippen LogP contribution in [0.3, 0.4) is 0 Å². The number of hydrogen-bond acceptors (Lipinski definition) is 2. The van der Waals surface area contributed by atoms with Crippen LogP contribution in [0.2, 0.25) is 0 Å². The summed E-state index contributed by atoms with van der Waals surface area (Å²) in [5.41, 5.74) is 2.62. The van der Waals surface area contributed by atoms with Crippen LogP contribution in [0.1, 0.15) is 10.4 Å². The first kappa shape index (κ1) is 11.3. The molecule has 0 bridgehead atoms. The van der Waals surface area contributed by atoms with Gasteiger partial charge in [0.25, 0.3) is 5.91 Å². The molecule has 4 heteroatoms. The standard InChI is InChI=1S/C7H8N2O.K.H/c8-9-7(10)6-4-2-1-3-5-6;;/h1-5H,8H2,(H,9,10);;. The predicted octanol–water partition coefficient (Wildman–Crippen LogP) is -0.358. The van der Waals surface area contributed by atoms with Crippen molar-refractivity contribution in [3.05, 3.63) is 35.9 Å². The molecular formula is C7H9KN2O. The summed E-state index contributed by atoms with van der Waals surface area (Å²) in [4.78, 5) is 10.8. The molecule has 0 spiro atoms. The zero-order chi connectivity index (χ0) is 7.40. The average molecular weight is 176 g/mol. The van der Waals surface area contributed by atoms with Crippen LogP contribution in [0, 0.1) is 0 Å². The number of nitrogens with two attached hydrogens (primary N) is 1. The third-order valence-corrected chi connectivity index (χ3v) is 1.17. The van der Waals surface area contributed by atoms with Crippen LogP contribution >= 0.6 is 0 Å². The Morgan fingerprint density at radius 2 is 1.82 bits per heavy atom. The third-order valence-electron chi connectivity index (χ3n) is 1.17. The van der Waals surface area contributed by atoms with E-state index >= 15 is 0 Å². The molecule has 0 heterocycles. The van der Waals surface area contributed by atoms with Gasteiger partial charge in [-0.2, -0.15) is 0 Å². The Kier molecular flexibility index (Phi) is 6.03. The first-order valence-corrected chi connectivity index (χ1v) is 2.90. The summed E-state index contributed by atoms with van der Waals surface area (Å²) in [5.74, 6) is 4.64. The van der Waals surface area contributed by atoms with Crippen LogP contribution in [0.5, 0.6) is 0 Å². The molecule has 1 aromatic rings. The third kappa shape index (κ3) is 3.46. The van der Waals surface area contributed by atoms with Crippen molar-refractivity contribution in [1.82, 2.24) is 5.43 Å². The molecular weight excluding hydrogens is 167 g/mol. The zero-order valence-electron chi connectivity index (χ0n) is 5.37. The number of rotatable bonds is 1. The normalized spacial score (nSPS) is 8.09. The Labute approximate surface area is 108 Å². The van der Waals surface area contributed by atoms with Gasteiger partial charge in [0.05, 0.1) is 0 Å². The van der Waals surface area contributed by atoms with E-state index in [1.165, 1.54) is 0 Å². The van der Waals surface area contributed by atoms with Crippen molar-refractivity contribution in [2.75, 3.05) is 0 Å². The first-order chi connectivity index (χ1) is 4.84. The van der Waals surface area contributed by atoms with Crippen molar-refractivity contribution >= 4 is 57.3 Å². The molecule has 1 rings (SSSR count). The molecule has 0 unspecified atom stereocenters. The van der Waals surface area contributed by atoms with E-state index in [-0.39, 0.29) is 57.3 Å². The Morgan fingerprint density at radius 1 is 1.27 bits per heavy atom. The number of benzene rings is 1. The van der Waals surface area contributed by atoms with Crippen LogP contribution in [-0.4, -0.2) is 57.3 Å². The van der Waals surface area contributed by atoms with Crippen molar-refractivity contribution in [3.63, 3.8) is 0 Å². The van der Waals surface area contributed by atoms with Gasteiger partial charge in [-0.05, 0) is 12.1 Å². The molecule has 0 saturated carbocycles. The van der Waals surface area contributed by atoms with Gasteiger partial charge < -0.3 is 0 Å². The van der Waals surface area contributed by atoms with E-state index in [9.17, 15) is 4.79 Å². The number of nitrogen functional groups attached to an aromatic ring is 1. The zero-order valence-corrected chi connectivity index (χ0v) is 5.37. The molecule has 0 radical (unpaired) electrons. The topological polar surface area (TPSA) is 55.1 Å². The molecule has 0 aliphatic heterocycles. The van der Waals surface area contributed by atoms with Gasteiger partial charge in [-0.1, -0.05) is 18.2 Å². The summed E-state index contributed by atoms with van der Waals surface area (Å²) in [6.07, 6.45) is 0. The van der Waals surface area contributed by atoms with E-state index in [2.05, 4.69) is 0 Å². The van der Waals surface area contributed by atoms with Crippen molar-refractivity contribution < 1.29 is 4.79 Å². The Morgan fingerprint density at radius 3 is 2.27 bits per heavy atom. The molecule has 0 fully saturated rings. The van der Waals surface area contributed by atoms with E-state index in [1.54, 1.807) is 24.3 Å². The van der Waals surface area contributed by atoms with Crippen molar-refractivity contribution in [2.24, 2.45) is 5.84 Å². The Hall–Kier alpha value is 0.286. The van der Waals surface area contributed by atoms with E-state index in [4.69, 9.17) is 5.84 Å². The van der Waals surface area contributed by atoms with Gasteiger partial charge in [-0.15, -0.1) is 0 Å². The number of amides is 1. The molecule has 0 aliphatic carbocycles. The number of carbonyl (C=O) groups is 1. The van der Waals surface area contributed by atoms with Crippen LogP contribution in [0.4, 0.5) is 0 Å². The molecule has 0 aromatic heterocycles. The summed E-state index contributed by atoms with van der Waals surface area (Å²) in [6.45, 7) is 0. The van der Waals surface area contributed by atoms with E-state index in [1.807, 2.05) is 11.5 Å². The predicted molar refractivity (Wildman–Crippen MR) is 45.2 cm³/mol. The Bertz CT molecular complexity index is 225. The van der Waals surface area contributed by atoms with E-state index in [0.29, 0.717) is 5.56 Å². The minimum absolute atomic E-state index is 0. The molecule has 0 atom stereocenters. The number of hydrogen-bond donors (Lipinski definition) is 2. The summed E-state index contributed by atoms with van der Waals surface area (Å²) in [6, 6.07) is 8.80. The first-order valence-electron chi connectivity index (χ1n) is 2.90. The molecule has 3 N–H and O–H groups in total. The van der Waals surface area contributed by atoms with Crippen LogP contribution in [0.25, 0.3) is 0 Å². The number of carbonyl (C=O) groups excluding carboxylic acids is 1. The molecule has 54 valence electrons. The average Bonchev–Trinajstić information content (AvgIpc) is 2.05. The van der Waals surface area contributed by atoms with E-state index < -0.39 is 0 Å². The maximum atomic E-state index is 10.8. The fourth-order valence-corrected chi connectivity index (χ4v) is 0.673. The van der Waals surface area contributed by atoms with Crippen LogP contribution in [-0.2, 0) is 0 Å². The second-order valence-electron chi connectivity index (χ2n) is 1.84. The Balaban J connectivity index is 0.000001000. The SMILES string of the molecule is NNC(=O)c1ccccc1.[KH]. The van der Waals surface area contributed by atoms with Gasteiger partial charge in [0.15, 0.2) is 0 Å². The van der Waals surface area contributed by atoms with Crippen molar-refractivity contribution in [2.45, 2.75) is 0 Å². The number of nitrogens with one attached hydrogen (secondary N) is 1. The second-order valence-corrected chi connectivity index (χ2v) is 1.84. The van der Waals surface area contributed by atoms with Gasteiger partial charge in [0, 0.05) is 5.56 Å². The monoisotopic (exact) mass is 176 g/mol. The molecule has 0 aliphatic rings. The second kappa shape index (κ2) is 5.88. The number of hydrazine groups is 1. The quantitative estimate of drug-likeness (QED) is 0.266. The van der Waals surface area contributed by atoms with Crippen LogP contribution < -0.4 is 11.3 Å². The van der Waals surface area contributed by atoms with Crippen LogP contribution in [0.15, 0.2) is 30.3 Å². The molecule has 1 amide bonds. The van der Waals surface area contributed by atoms with Crippen molar-refractivity contribution in [3.8, 4) is 0 Å². The summed E-state index contributed by atoms with van der Waals surface area (Å²) < 4.78 is 0. The van der Waals surface area contributed by atoms with Gasteiger partial charge >= 0.3 is 51.4 Å². The fraction of sp³-hybridized carbons (Fsp3) is 0. The minimum atomic E-state index is -0.263. The molecule has 3 nitrogen and oxygen atoms in total. The maximum absolute atomic E-state index is 10.8. The summed E-state index contributed by atoms with van der Waals surface area (Å²) >= 11 is 0. The van der Waals surface area contributed by atoms with E-state index in [0.717, 1.165) is 0 Å². The molecule has 1 aromatic carbocycles.